The van der Waals surface area contributed by atoms with Gasteiger partial charge in [-0.1, -0.05) is 63.2 Å². The van der Waals surface area contributed by atoms with Gasteiger partial charge >= 0.3 is 0 Å². The Kier molecular flexibility index (Phi) is 5.63. The Hall–Kier alpha value is -2.69. The maximum absolute atomic E-state index is 5.57. The normalized spacial score (nSPS) is 17.6. The number of nitrogens with zero attached hydrogens (tertiary/aromatic N) is 1. The van der Waals surface area contributed by atoms with Crippen molar-refractivity contribution >= 4 is 22.1 Å². The van der Waals surface area contributed by atoms with Crippen molar-refractivity contribution < 1.29 is 9.47 Å². The summed E-state index contributed by atoms with van der Waals surface area (Å²) in [6.07, 6.45) is 3.47. The van der Waals surface area contributed by atoms with Gasteiger partial charge in [-0.05, 0) is 34.4 Å². The van der Waals surface area contributed by atoms with Crippen LogP contribution in [-0.4, -0.2) is 31.2 Å². The van der Waals surface area contributed by atoms with Crippen molar-refractivity contribution in [2.45, 2.75) is 39.9 Å². The van der Waals surface area contributed by atoms with Crippen molar-refractivity contribution in [2.24, 2.45) is 10.4 Å². The van der Waals surface area contributed by atoms with E-state index < -0.39 is 6.29 Å². The molecule has 0 saturated heterocycles. The highest BCUT2D eigenvalue weighted by atomic mass is 16.7. The molecule has 1 aliphatic rings. The van der Waals surface area contributed by atoms with E-state index in [9.17, 15) is 0 Å². The number of aromatic nitrogens is 1. The molecule has 2 heterocycles. The predicted octanol–water partition coefficient (Wildman–Crippen LogP) is 5.98. The number of allylic oxidation sites excluding steroid dienone is 1. The fourth-order valence-corrected chi connectivity index (χ4v) is 4.37. The minimum atomic E-state index is -0.443. The van der Waals surface area contributed by atoms with Crippen LogP contribution in [0.3, 0.4) is 0 Å². The minimum Gasteiger partial charge on any atom is -0.361 e. The number of ether oxygens (including phenoxy) is 2. The summed E-state index contributed by atoms with van der Waals surface area (Å²) >= 11 is 0. The summed E-state index contributed by atoms with van der Waals surface area (Å²) in [6, 6.07) is 17.3. The Morgan fingerprint density at radius 1 is 1.10 bits per heavy atom. The molecule has 4 nitrogen and oxygen atoms in total. The van der Waals surface area contributed by atoms with E-state index in [4.69, 9.17) is 14.5 Å². The lowest BCUT2D eigenvalue weighted by Gasteiger charge is -2.24. The topological polar surface area (TPSA) is 46.6 Å². The van der Waals surface area contributed by atoms with Gasteiger partial charge in [0.2, 0.25) is 0 Å². The van der Waals surface area contributed by atoms with Crippen molar-refractivity contribution in [2.75, 3.05) is 14.2 Å². The zero-order valence-electron chi connectivity index (χ0n) is 18.5. The molecular weight excluding hydrogens is 372 g/mol. The quantitative estimate of drug-likeness (QED) is 0.516. The number of rotatable bonds is 6. The highest BCUT2D eigenvalue weighted by Gasteiger charge is 2.39. The summed E-state index contributed by atoms with van der Waals surface area (Å²) in [4.78, 5) is 8.61. The average Bonchev–Trinajstić information content (AvgIpc) is 3.34. The standard InChI is InChI=1S/C26H30N2O2/c1-6-17-14-21(27-16-17)23(20-13-9-11-18-10-7-8-12-19(18)20)22-15-26(2,3)24(28-22)25(29-4)30-5/h7-14,16,25,27H,6,15H2,1-5H3/b23-22-. The first-order valence-electron chi connectivity index (χ1n) is 10.5. The van der Waals surface area contributed by atoms with Gasteiger partial charge in [0.15, 0.2) is 6.29 Å². The molecule has 156 valence electrons. The molecule has 0 aliphatic carbocycles. The minimum absolute atomic E-state index is 0.151. The SMILES string of the molecule is CCc1c[nH]c(/C(=C2/CC(C)(C)C(C(OC)OC)=N2)c2cccc3ccccc23)c1. The molecule has 0 fully saturated rings. The molecule has 1 aliphatic heterocycles. The second kappa shape index (κ2) is 8.21. The fraction of sp³-hybridized carbons (Fsp3) is 0.346. The summed E-state index contributed by atoms with van der Waals surface area (Å²) in [5, 5.41) is 2.45. The Bertz CT molecular complexity index is 1110. The van der Waals surface area contributed by atoms with Gasteiger partial charge in [-0.15, -0.1) is 0 Å². The Morgan fingerprint density at radius 3 is 2.53 bits per heavy atom. The number of hydrogen-bond acceptors (Lipinski definition) is 3. The summed E-state index contributed by atoms with van der Waals surface area (Å²) in [6.45, 7) is 6.59. The van der Waals surface area contributed by atoms with Gasteiger partial charge < -0.3 is 14.5 Å². The number of methoxy groups -OCH3 is 2. The monoisotopic (exact) mass is 402 g/mol. The van der Waals surface area contributed by atoms with E-state index in [1.807, 2.05) is 0 Å². The van der Waals surface area contributed by atoms with E-state index in [0.717, 1.165) is 35.5 Å². The van der Waals surface area contributed by atoms with Crippen LogP contribution in [-0.2, 0) is 15.9 Å². The number of aryl methyl sites for hydroxylation is 1. The van der Waals surface area contributed by atoms with Gasteiger partial charge in [-0.2, -0.15) is 0 Å². The van der Waals surface area contributed by atoms with Crippen molar-refractivity contribution in [3.63, 3.8) is 0 Å². The first-order chi connectivity index (χ1) is 14.5. The second-order valence-electron chi connectivity index (χ2n) is 8.48. The number of nitrogens with one attached hydrogen (secondary N) is 1. The zero-order chi connectivity index (χ0) is 21.3. The van der Waals surface area contributed by atoms with Crippen LogP contribution < -0.4 is 0 Å². The number of aliphatic imine (C=N–C) groups is 1. The first-order valence-corrected chi connectivity index (χ1v) is 10.5. The van der Waals surface area contributed by atoms with Crippen LogP contribution in [0.4, 0.5) is 0 Å². The molecule has 1 aromatic heterocycles. The van der Waals surface area contributed by atoms with E-state index in [1.165, 1.54) is 21.9 Å². The molecule has 3 aromatic rings. The van der Waals surface area contributed by atoms with Gasteiger partial charge in [0, 0.05) is 43.5 Å². The lowest BCUT2D eigenvalue weighted by Crippen LogP contribution is -2.34. The third kappa shape index (κ3) is 3.62. The summed E-state index contributed by atoms with van der Waals surface area (Å²) in [5.41, 5.74) is 6.59. The predicted molar refractivity (Wildman–Crippen MR) is 124 cm³/mol. The molecule has 30 heavy (non-hydrogen) atoms. The van der Waals surface area contributed by atoms with Crippen LogP contribution in [0.1, 0.15) is 44.0 Å². The smallest absolute Gasteiger partial charge is 0.197 e. The molecule has 0 bridgehead atoms. The molecule has 0 atom stereocenters. The third-order valence-electron chi connectivity index (χ3n) is 5.98. The molecule has 4 rings (SSSR count). The van der Waals surface area contributed by atoms with Gasteiger partial charge in [0.1, 0.15) is 0 Å². The van der Waals surface area contributed by atoms with Crippen molar-refractivity contribution in [1.29, 1.82) is 0 Å². The second-order valence-corrected chi connectivity index (χ2v) is 8.48. The molecule has 4 heteroatoms. The molecule has 0 amide bonds. The number of benzene rings is 2. The molecule has 0 saturated carbocycles. The molecule has 0 unspecified atom stereocenters. The number of fused-ring (bicyclic) bond motifs is 1. The maximum atomic E-state index is 5.57. The van der Waals surface area contributed by atoms with E-state index in [-0.39, 0.29) is 5.41 Å². The Labute approximate surface area is 178 Å². The fourth-order valence-electron chi connectivity index (χ4n) is 4.37. The highest BCUT2D eigenvalue weighted by molar-refractivity contribution is 6.02. The van der Waals surface area contributed by atoms with Crippen LogP contribution in [0.15, 0.2) is 65.4 Å². The first kappa shape index (κ1) is 20.6. The van der Waals surface area contributed by atoms with Gasteiger partial charge in [0.05, 0.1) is 11.4 Å². The summed E-state index contributed by atoms with van der Waals surface area (Å²) in [5.74, 6) is 0. The summed E-state index contributed by atoms with van der Waals surface area (Å²) < 4.78 is 11.1. The van der Waals surface area contributed by atoms with Gasteiger partial charge in [-0.3, -0.25) is 4.99 Å². The van der Waals surface area contributed by atoms with E-state index in [2.05, 4.69) is 80.5 Å². The lowest BCUT2D eigenvalue weighted by atomic mass is 9.83. The number of aromatic amines is 1. The highest BCUT2D eigenvalue weighted by Crippen LogP contribution is 2.43. The molecule has 0 spiro atoms. The molecular formula is C26H30N2O2. The Morgan fingerprint density at radius 2 is 1.83 bits per heavy atom. The van der Waals surface area contributed by atoms with E-state index >= 15 is 0 Å². The van der Waals surface area contributed by atoms with Crippen LogP contribution in [0.2, 0.25) is 0 Å². The summed E-state index contributed by atoms with van der Waals surface area (Å²) in [7, 11) is 3.33. The third-order valence-corrected chi connectivity index (χ3v) is 5.98. The average molecular weight is 403 g/mol. The van der Waals surface area contributed by atoms with Crippen LogP contribution in [0, 0.1) is 5.41 Å². The van der Waals surface area contributed by atoms with E-state index in [1.54, 1.807) is 14.2 Å². The van der Waals surface area contributed by atoms with Crippen molar-refractivity contribution in [3.8, 4) is 0 Å². The van der Waals surface area contributed by atoms with E-state index in [0.29, 0.717) is 0 Å². The van der Waals surface area contributed by atoms with Crippen molar-refractivity contribution in [3.05, 3.63) is 77.2 Å². The van der Waals surface area contributed by atoms with Gasteiger partial charge in [0.25, 0.3) is 0 Å². The Balaban J connectivity index is 1.99. The van der Waals surface area contributed by atoms with Crippen molar-refractivity contribution in [1.82, 2.24) is 4.98 Å². The van der Waals surface area contributed by atoms with Crippen LogP contribution >= 0.6 is 0 Å². The molecule has 0 radical (unpaired) electrons. The van der Waals surface area contributed by atoms with Gasteiger partial charge in [-0.25, -0.2) is 0 Å². The molecule has 1 N–H and O–H groups in total. The lowest BCUT2D eigenvalue weighted by molar-refractivity contribution is -0.0561. The largest absolute Gasteiger partial charge is 0.361 e. The van der Waals surface area contributed by atoms with Crippen LogP contribution in [0.25, 0.3) is 16.3 Å². The maximum Gasteiger partial charge on any atom is 0.197 e. The van der Waals surface area contributed by atoms with Crippen LogP contribution in [0.5, 0.6) is 0 Å². The molecule has 2 aromatic carbocycles. The zero-order valence-corrected chi connectivity index (χ0v) is 18.5. The number of hydrogen-bond donors (Lipinski definition) is 1. The number of H-pyrrole nitrogens is 1.